The van der Waals surface area contributed by atoms with Crippen LogP contribution in [0, 0.1) is 5.82 Å². The largest absolute Gasteiger partial charge is 0.459 e. The van der Waals surface area contributed by atoms with Crippen LogP contribution in [0.4, 0.5) is 10.1 Å². The van der Waals surface area contributed by atoms with Gasteiger partial charge in [0.05, 0.1) is 12.8 Å². The van der Waals surface area contributed by atoms with Crippen molar-refractivity contribution >= 4 is 23.4 Å². The molecule has 1 fully saturated rings. The van der Waals surface area contributed by atoms with Crippen LogP contribution in [-0.2, 0) is 9.59 Å². The molecule has 7 nitrogen and oxygen atoms in total. The molecule has 35 heavy (non-hydrogen) atoms. The number of rotatable bonds is 8. The Kier molecular flexibility index (Phi) is 7.92. The molecule has 0 saturated heterocycles. The fourth-order valence-corrected chi connectivity index (χ4v) is 4.38. The Bertz CT molecular complexity index is 1140. The lowest BCUT2D eigenvalue weighted by molar-refractivity contribution is -0.127. The SMILES string of the molecule is O=C(NCC(=O)N(c1ccccc1)[C@H](C(=O)NC1CCCCC1)c1ccccc1F)c1ccco1. The highest BCUT2D eigenvalue weighted by atomic mass is 19.1. The van der Waals surface area contributed by atoms with E-state index in [2.05, 4.69) is 10.6 Å². The highest BCUT2D eigenvalue weighted by Gasteiger charge is 2.35. The maximum absolute atomic E-state index is 15.0. The summed E-state index contributed by atoms with van der Waals surface area (Å²) in [6.07, 6.45) is 6.18. The molecule has 3 amide bonds. The maximum Gasteiger partial charge on any atom is 0.287 e. The Labute approximate surface area is 203 Å². The van der Waals surface area contributed by atoms with Gasteiger partial charge in [-0.25, -0.2) is 4.39 Å². The molecule has 1 saturated carbocycles. The number of nitrogens with zero attached hydrogens (tertiary/aromatic N) is 1. The first-order chi connectivity index (χ1) is 17.0. The van der Waals surface area contributed by atoms with E-state index in [0.717, 1.165) is 32.1 Å². The van der Waals surface area contributed by atoms with Crippen molar-refractivity contribution in [3.8, 4) is 0 Å². The summed E-state index contributed by atoms with van der Waals surface area (Å²) < 4.78 is 20.1. The first-order valence-electron chi connectivity index (χ1n) is 11.8. The number of hydrogen-bond donors (Lipinski definition) is 2. The molecule has 1 aliphatic rings. The molecule has 0 unspecified atom stereocenters. The van der Waals surface area contributed by atoms with E-state index in [-0.39, 0.29) is 17.4 Å². The number of carbonyl (C=O) groups is 3. The Morgan fingerprint density at radius 1 is 0.943 bits per heavy atom. The van der Waals surface area contributed by atoms with Gasteiger partial charge in [0.25, 0.3) is 5.91 Å². The van der Waals surface area contributed by atoms with E-state index in [1.54, 1.807) is 42.5 Å². The van der Waals surface area contributed by atoms with Crippen LogP contribution in [0.25, 0.3) is 0 Å². The Morgan fingerprint density at radius 3 is 2.34 bits per heavy atom. The second-order valence-electron chi connectivity index (χ2n) is 8.53. The fraction of sp³-hybridized carbons (Fsp3) is 0.296. The first-order valence-corrected chi connectivity index (χ1v) is 11.8. The zero-order chi connectivity index (χ0) is 24.6. The first kappa shape index (κ1) is 24.2. The van der Waals surface area contributed by atoms with Gasteiger partial charge >= 0.3 is 0 Å². The van der Waals surface area contributed by atoms with Crippen LogP contribution in [0.1, 0.15) is 54.3 Å². The van der Waals surface area contributed by atoms with E-state index >= 15 is 4.39 Å². The van der Waals surface area contributed by atoms with Crippen molar-refractivity contribution in [2.45, 2.75) is 44.2 Å². The predicted molar refractivity (Wildman–Crippen MR) is 129 cm³/mol. The molecule has 1 aliphatic carbocycles. The van der Waals surface area contributed by atoms with Gasteiger partial charge in [-0.2, -0.15) is 0 Å². The third kappa shape index (κ3) is 5.95. The molecule has 0 aliphatic heterocycles. The molecule has 3 aromatic rings. The van der Waals surface area contributed by atoms with E-state index in [0.29, 0.717) is 5.69 Å². The number of anilines is 1. The van der Waals surface area contributed by atoms with Gasteiger partial charge in [0.1, 0.15) is 11.9 Å². The van der Waals surface area contributed by atoms with Gasteiger partial charge in [-0.1, -0.05) is 55.7 Å². The molecule has 4 rings (SSSR count). The van der Waals surface area contributed by atoms with Crippen molar-refractivity contribution < 1.29 is 23.2 Å². The highest BCUT2D eigenvalue weighted by Crippen LogP contribution is 2.30. The van der Waals surface area contributed by atoms with Crippen LogP contribution in [0.2, 0.25) is 0 Å². The molecule has 2 aromatic carbocycles. The number of para-hydroxylation sites is 1. The molecule has 0 bridgehead atoms. The van der Waals surface area contributed by atoms with Gasteiger partial charge in [-0.05, 0) is 43.2 Å². The molecule has 182 valence electrons. The van der Waals surface area contributed by atoms with Gasteiger partial charge < -0.3 is 15.1 Å². The lowest BCUT2D eigenvalue weighted by Crippen LogP contribution is -2.50. The maximum atomic E-state index is 15.0. The molecule has 0 spiro atoms. The topological polar surface area (TPSA) is 91.7 Å². The monoisotopic (exact) mass is 477 g/mol. The summed E-state index contributed by atoms with van der Waals surface area (Å²) >= 11 is 0. The Morgan fingerprint density at radius 2 is 1.66 bits per heavy atom. The Hall–Kier alpha value is -3.94. The molecule has 1 atom stereocenters. The van der Waals surface area contributed by atoms with E-state index in [4.69, 9.17) is 4.42 Å². The minimum Gasteiger partial charge on any atom is -0.459 e. The second-order valence-corrected chi connectivity index (χ2v) is 8.53. The third-order valence-electron chi connectivity index (χ3n) is 6.11. The smallest absolute Gasteiger partial charge is 0.287 e. The van der Waals surface area contributed by atoms with Crippen molar-refractivity contribution in [3.63, 3.8) is 0 Å². The van der Waals surface area contributed by atoms with Crippen molar-refractivity contribution in [1.29, 1.82) is 0 Å². The van der Waals surface area contributed by atoms with Gasteiger partial charge in [0.2, 0.25) is 11.8 Å². The number of amides is 3. The van der Waals surface area contributed by atoms with Gasteiger partial charge in [0.15, 0.2) is 5.76 Å². The van der Waals surface area contributed by atoms with Crippen molar-refractivity contribution in [2.75, 3.05) is 11.4 Å². The summed E-state index contributed by atoms with van der Waals surface area (Å²) in [5.74, 6) is -2.13. The van der Waals surface area contributed by atoms with E-state index in [1.165, 1.54) is 35.4 Å². The van der Waals surface area contributed by atoms with Gasteiger partial charge in [-0.3, -0.25) is 19.3 Å². The summed E-state index contributed by atoms with van der Waals surface area (Å²) in [7, 11) is 0. The molecule has 1 heterocycles. The molecule has 1 aromatic heterocycles. The molecular formula is C27H28FN3O4. The highest BCUT2D eigenvalue weighted by molar-refractivity contribution is 6.04. The third-order valence-corrected chi connectivity index (χ3v) is 6.11. The quantitative estimate of drug-likeness (QED) is 0.504. The summed E-state index contributed by atoms with van der Waals surface area (Å²) in [5.41, 5.74) is 0.493. The number of halogens is 1. The number of benzene rings is 2. The number of furan rings is 1. The Balaban J connectivity index is 1.66. The summed E-state index contributed by atoms with van der Waals surface area (Å²) in [4.78, 5) is 40.7. The zero-order valence-electron chi connectivity index (χ0n) is 19.3. The predicted octanol–water partition coefficient (Wildman–Crippen LogP) is 4.37. The van der Waals surface area contributed by atoms with Crippen LogP contribution in [0.5, 0.6) is 0 Å². The standard InChI is InChI=1S/C27H28FN3O4/c28-22-15-8-7-14-21(22)25(27(34)30-19-10-3-1-4-11-19)31(20-12-5-2-6-13-20)24(32)18-29-26(33)23-16-9-17-35-23/h2,5-9,12-17,19,25H,1,3-4,10-11,18H2,(H,29,33)(H,30,34)/t25-/m0/s1. The van der Waals surface area contributed by atoms with Crippen molar-refractivity contribution in [1.82, 2.24) is 10.6 Å². The fourth-order valence-electron chi connectivity index (χ4n) is 4.38. The van der Waals surface area contributed by atoms with Crippen LogP contribution in [0.3, 0.4) is 0 Å². The minimum atomic E-state index is -1.26. The van der Waals surface area contributed by atoms with Gasteiger partial charge in [-0.15, -0.1) is 0 Å². The van der Waals surface area contributed by atoms with E-state index in [1.807, 2.05) is 0 Å². The number of nitrogens with one attached hydrogen (secondary N) is 2. The zero-order valence-corrected chi connectivity index (χ0v) is 19.3. The summed E-state index contributed by atoms with van der Waals surface area (Å²) in [6.45, 7) is -0.407. The second kappa shape index (κ2) is 11.5. The molecule has 8 heteroatoms. The van der Waals surface area contributed by atoms with E-state index in [9.17, 15) is 14.4 Å². The van der Waals surface area contributed by atoms with Gasteiger partial charge in [0, 0.05) is 17.3 Å². The van der Waals surface area contributed by atoms with E-state index < -0.39 is 36.1 Å². The lowest BCUT2D eigenvalue weighted by Gasteiger charge is -2.33. The van der Waals surface area contributed by atoms with Crippen molar-refractivity contribution in [2.24, 2.45) is 0 Å². The average Bonchev–Trinajstić information content (AvgIpc) is 3.42. The minimum absolute atomic E-state index is 0.0306. The number of hydrogen-bond acceptors (Lipinski definition) is 4. The molecule has 0 radical (unpaired) electrons. The van der Waals surface area contributed by atoms with Crippen LogP contribution in [0.15, 0.2) is 77.4 Å². The molecular weight excluding hydrogens is 449 g/mol. The van der Waals surface area contributed by atoms with Crippen LogP contribution >= 0.6 is 0 Å². The van der Waals surface area contributed by atoms with Crippen LogP contribution in [-0.4, -0.2) is 30.3 Å². The average molecular weight is 478 g/mol. The summed E-state index contributed by atoms with van der Waals surface area (Å²) in [5, 5.41) is 5.56. The normalized spacial score (nSPS) is 14.7. The number of carbonyl (C=O) groups excluding carboxylic acids is 3. The van der Waals surface area contributed by atoms with Crippen LogP contribution < -0.4 is 15.5 Å². The summed E-state index contributed by atoms with van der Waals surface area (Å²) in [6, 6.07) is 16.3. The van der Waals surface area contributed by atoms with Crippen molar-refractivity contribution in [3.05, 3.63) is 90.1 Å². The lowest BCUT2D eigenvalue weighted by atomic mass is 9.94. The molecule has 2 N–H and O–H groups in total.